The van der Waals surface area contributed by atoms with Crippen LogP contribution in [0.25, 0.3) is 87.6 Å². The van der Waals surface area contributed by atoms with Crippen molar-refractivity contribution in [3.63, 3.8) is 0 Å². The molecule has 0 N–H and O–H groups in total. The van der Waals surface area contributed by atoms with Crippen molar-refractivity contribution in [2.45, 2.75) is 0 Å². The first-order valence-corrected chi connectivity index (χ1v) is 14.3. The van der Waals surface area contributed by atoms with Gasteiger partial charge < -0.3 is 4.42 Å². The summed E-state index contributed by atoms with van der Waals surface area (Å²) in [6.45, 7) is 0. The second kappa shape index (κ2) is 9.44. The Morgan fingerprint density at radius 2 is 0.953 bits per heavy atom. The second-order valence-electron chi connectivity index (χ2n) is 10.8. The van der Waals surface area contributed by atoms with E-state index in [1.54, 1.807) is 0 Å². The van der Waals surface area contributed by atoms with Crippen molar-refractivity contribution in [2.75, 3.05) is 0 Å². The molecule has 0 saturated carbocycles. The third kappa shape index (κ3) is 3.72. The van der Waals surface area contributed by atoms with Gasteiger partial charge in [0.05, 0.1) is 8.22 Å². The zero-order valence-electron chi connectivity index (χ0n) is 29.0. The molecule has 0 saturated heterocycles. The van der Waals surface area contributed by atoms with Gasteiger partial charge in [-0.2, -0.15) is 0 Å². The molecule has 1 heterocycles. The van der Waals surface area contributed by atoms with Crippen LogP contribution in [0.15, 0.2) is 162 Å². The van der Waals surface area contributed by atoms with Crippen molar-refractivity contribution in [3.05, 3.63) is 158 Å². The topological polar surface area (TPSA) is 13.1 Å². The fraction of sp³-hybridized carbons (Fsp3) is 0. The molecule has 9 rings (SSSR count). The molecule has 0 aliphatic heterocycles. The lowest BCUT2D eigenvalue weighted by Crippen LogP contribution is -1.91. The number of fused-ring (bicyclic) bond motifs is 7. The van der Waals surface area contributed by atoms with Crippen molar-refractivity contribution in [2.24, 2.45) is 0 Å². The Kier molecular flexibility index (Phi) is 4.11. The number of furan rings is 1. The van der Waals surface area contributed by atoms with E-state index in [1.807, 2.05) is 48.5 Å². The maximum atomic E-state index is 8.99. The summed E-state index contributed by atoms with van der Waals surface area (Å²) >= 11 is 0. The molecule has 0 aliphatic carbocycles. The van der Waals surface area contributed by atoms with Crippen LogP contribution in [0.2, 0.25) is 0 Å². The predicted octanol–water partition coefficient (Wildman–Crippen LogP) is 12.0. The molecule has 43 heavy (non-hydrogen) atoms. The van der Waals surface area contributed by atoms with Crippen LogP contribution >= 0.6 is 0 Å². The van der Waals surface area contributed by atoms with Crippen molar-refractivity contribution in [1.82, 2.24) is 0 Å². The monoisotopic (exact) mass is 552 g/mol. The SMILES string of the molecule is [2H]c1c([2H])c([2H])c2c(c1[2H])c([2H])c([2H])c1c3cc(-c4c5ccccc5c(-c5ccc(-c6ccccc6)cc5)c5ccccc45)ccc3oc21. The molecule has 1 heteroatoms. The molecule has 1 aromatic heterocycles. The first-order chi connectivity index (χ1) is 23.8. The molecule has 0 bridgehead atoms. The van der Waals surface area contributed by atoms with Gasteiger partial charge in [0.2, 0.25) is 0 Å². The predicted molar refractivity (Wildman–Crippen MR) is 183 cm³/mol. The van der Waals surface area contributed by atoms with Gasteiger partial charge in [-0.15, -0.1) is 0 Å². The summed E-state index contributed by atoms with van der Waals surface area (Å²) < 4.78 is 57.6. The number of benzene rings is 8. The van der Waals surface area contributed by atoms with Crippen LogP contribution in [0.3, 0.4) is 0 Å². The maximum Gasteiger partial charge on any atom is 0.143 e. The van der Waals surface area contributed by atoms with Crippen LogP contribution in [-0.2, 0) is 0 Å². The first-order valence-electron chi connectivity index (χ1n) is 17.3. The second-order valence-corrected chi connectivity index (χ2v) is 10.8. The van der Waals surface area contributed by atoms with Gasteiger partial charge in [0, 0.05) is 16.2 Å². The molecule has 0 spiro atoms. The number of rotatable bonds is 3. The molecule has 0 aliphatic rings. The van der Waals surface area contributed by atoms with Gasteiger partial charge in [-0.05, 0) is 78.5 Å². The third-order valence-corrected chi connectivity index (χ3v) is 8.42. The van der Waals surface area contributed by atoms with E-state index in [4.69, 9.17) is 12.6 Å². The smallest absolute Gasteiger partial charge is 0.143 e. The molecule has 8 aromatic carbocycles. The molecule has 200 valence electrons. The molecule has 1 nitrogen and oxygen atoms in total. The van der Waals surface area contributed by atoms with Crippen LogP contribution in [0, 0.1) is 0 Å². The van der Waals surface area contributed by atoms with E-state index in [0.29, 0.717) is 16.4 Å². The summed E-state index contributed by atoms with van der Waals surface area (Å²) in [5, 5.41) is 5.46. The highest BCUT2D eigenvalue weighted by atomic mass is 16.3. The highest BCUT2D eigenvalue weighted by molar-refractivity contribution is 6.22. The largest absolute Gasteiger partial charge is 0.455 e. The lowest BCUT2D eigenvalue weighted by Gasteiger charge is -2.18. The fourth-order valence-corrected chi connectivity index (χ4v) is 6.47. The summed E-state index contributed by atoms with van der Waals surface area (Å²) in [7, 11) is 0. The van der Waals surface area contributed by atoms with Gasteiger partial charge in [-0.1, -0.05) is 139 Å². The molecule has 0 fully saturated rings. The minimum atomic E-state index is -0.433. The highest BCUT2D eigenvalue weighted by Crippen LogP contribution is 2.45. The van der Waals surface area contributed by atoms with E-state index in [9.17, 15) is 0 Å². The summed E-state index contributed by atoms with van der Waals surface area (Å²) in [6, 6.07) is 39.9. The van der Waals surface area contributed by atoms with Crippen LogP contribution in [0.4, 0.5) is 0 Å². The Hall–Kier alpha value is -5.66. The minimum absolute atomic E-state index is 0.00726. The lowest BCUT2D eigenvalue weighted by molar-refractivity contribution is 0.672. The molecular formula is C42H26O. The van der Waals surface area contributed by atoms with E-state index >= 15 is 0 Å². The molecule has 9 aromatic rings. The molecule has 0 unspecified atom stereocenters. The summed E-state index contributed by atoms with van der Waals surface area (Å²) in [5.74, 6) is 0. The lowest BCUT2D eigenvalue weighted by atomic mass is 9.85. The van der Waals surface area contributed by atoms with E-state index in [2.05, 4.69) is 72.8 Å². The number of hydrogen-bond acceptors (Lipinski definition) is 1. The minimum Gasteiger partial charge on any atom is -0.455 e. The summed E-state index contributed by atoms with van der Waals surface area (Å²) in [4.78, 5) is 0. The molecule has 0 radical (unpaired) electrons. The quantitative estimate of drug-likeness (QED) is 0.199. The van der Waals surface area contributed by atoms with Crippen LogP contribution < -0.4 is 0 Å². The van der Waals surface area contributed by atoms with Crippen molar-refractivity contribution in [1.29, 1.82) is 0 Å². The van der Waals surface area contributed by atoms with Crippen LogP contribution in [0.1, 0.15) is 8.22 Å². The van der Waals surface area contributed by atoms with E-state index in [1.165, 1.54) is 5.56 Å². The van der Waals surface area contributed by atoms with Gasteiger partial charge in [0.1, 0.15) is 11.2 Å². The Morgan fingerprint density at radius 1 is 0.395 bits per heavy atom. The van der Waals surface area contributed by atoms with Crippen molar-refractivity contribution >= 4 is 54.3 Å². The summed E-state index contributed by atoms with van der Waals surface area (Å²) in [6.07, 6.45) is 0. The van der Waals surface area contributed by atoms with Crippen LogP contribution in [0.5, 0.6) is 0 Å². The van der Waals surface area contributed by atoms with Gasteiger partial charge in [-0.25, -0.2) is 0 Å². The third-order valence-electron chi connectivity index (χ3n) is 8.42. The zero-order valence-corrected chi connectivity index (χ0v) is 23.0. The molecule has 0 amide bonds. The van der Waals surface area contributed by atoms with Crippen molar-refractivity contribution < 1.29 is 12.6 Å². The molecular weight excluding hydrogens is 520 g/mol. The Bertz CT molecular complexity index is 2760. The Balaban J connectivity index is 1.32. The van der Waals surface area contributed by atoms with Gasteiger partial charge in [0.25, 0.3) is 0 Å². The van der Waals surface area contributed by atoms with E-state index in [-0.39, 0.29) is 40.5 Å². The first kappa shape index (κ1) is 18.7. The average molecular weight is 553 g/mol. The fourth-order valence-electron chi connectivity index (χ4n) is 6.47. The summed E-state index contributed by atoms with van der Waals surface area (Å²) in [5.41, 5.74) is 7.22. The number of hydrogen-bond donors (Lipinski definition) is 0. The van der Waals surface area contributed by atoms with Crippen LogP contribution in [-0.4, -0.2) is 0 Å². The van der Waals surface area contributed by atoms with Crippen molar-refractivity contribution in [3.8, 4) is 33.4 Å². The standard InChI is InChI=1S/C42H26O/c1-2-10-27(11-3-1)28-18-20-30(21-19-28)40-33-14-6-8-16-35(33)41(36-17-9-7-15-34(36)40)31-23-25-39-38(26-31)37-24-22-29-12-4-5-13-32(29)42(37)43-39/h1-26H/i4D,5D,12D,13D,22D,24D. The van der Waals surface area contributed by atoms with E-state index in [0.717, 1.165) is 49.4 Å². The van der Waals surface area contributed by atoms with Gasteiger partial charge in [-0.3, -0.25) is 0 Å². The van der Waals surface area contributed by atoms with E-state index < -0.39 is 12.1 Å². The van der Waals surface area contributed by atoms with Gasteiger partial charge >= 0.3 is 0 Å². The highest BCUT2D eigenvalue weighted by Gasteiger charge is 2.18. The normalized spacial score (nSPS) is 13.7. The Labute approximate surface area is 257 Å². The van der Waals surface area contributed by atoms with Gasteiger partial charge in [0.15, 0.2) is 0 Å². The zero-order chi connectivity index (χ0) is 33.6. The maximum absolute atomic E-state index is 8.99. The average Bonchev–Trinajstić information content (AvgIpc) is 3.52. The molecule has 0 atom stereocenters. The Morgan fingerprint density at radius 3 is 1.65 bits per heavy atom.